The summed E-state index contributed by atoms with van der Waals surface area (Å²) in [5.41, 5.74) is 6.98. The predicted octanol–water partition coefficient (Wildman–Crippen LogP) is 3.55. The molecule has 0 saturated heterocycles. The SMILES string of the molecule is COC(=O)C1=C(C(=O)OC)N(c2cc(C(=O)Nc3ccc(O)c(C(=O)O)c3)ccc2C)C(N)=C(C#N)C1c1ccccc1. The molecule has 12 nitrogen and oxygen atoms in total. The molecule has 0 aliphatic carbocycles. The minimum Gasteiger partial charge on any atom is -0.507 e. The van der Waals surface area contributed by atoms with E-state index in [1.165, 1.54) is 23.1 Å². The van der Waals surface area contributed by atoms with Crippen LogP contribution in [-0.4, -0.2) is 48.2 Å². The number of nitrogens with zero attached hydrogens (tertiary/aromatic N) is 2. The Bertz CT molecular complexity index is 1750. The third-order valence-electron chi connectivity index (χ3n) is 6.81. The number of carbonyl (C=O) groups excluding carboxylic acids is 3. The first-order valence-electron chi connectivity index (χ1n) is 12.7. The Hall–Kier alpha value is -6.09. The van der Waals surface area contributed by atoms with E-state index in [2.05, 4.69) is 11.4 Å². The lowest BCUT2D eigenvalue weighted by Crippen LogP contribution is -2.41. The average Bonchev–Trinajstić information content (AvgIpc) is 3.01. The summed E-state index contributed by atoms with van der Waals surface area (Å²) < 4.78 is 10.1. The number of benzene rings is 3. The number of rotatable bonds is 7. The molecule has 218 valence electrons. The molecular formula is C31H26N4O8. The molecule has 1 amide bonds. The molecule has 4 rings (SSSR count). The highest BCUT2D eigenvalue weighted by Gasteiger charge is 2.43. The normalized spacial score (nSPS) is 14.6. The summed E-state index contributed by atoms with van der Waals surface area (Å²) in [4.78, 5) is 52.5. The molecule has 3 aromatic rings. The number of nitrogens with one attached hydrogen (secondary N) is 1. The van der Waals surface area contributed by atoms with Gasteiger partial charge in [-0.05, 0) is 48.4 Å². The number of nitriles is 1. The summed E-state index contributed by atoms with van der Waals surface area (Å²) in [5, 5.41) is 31.9. The highest BCUT2D eigenvalue weighted by molar-refractivity contribution is 6.08. The number of hydrogen-bond acceptors (Lipinski definition) is 10. The number of methoxy groups -OCH3 is 2. The largest absolute Gasteiger partial charge is 0.507 e. The number of allylic oxidation sites excluding steroid dienone is 1. The third-order valence-corrected chi connectivity index (χ3v) is 6.81. The van der Waals surface area contributed by atoms with Crippen molar-refractivity contribution in [2.75, 3.05) is 24.4 Å². The van der Waals surface area contributed by atoms with Crippen LogP contribution < -0.4 is 16.0 Å². The number of amides is 1. The van der Waals surface area contributed by atoms with Crippen LogP contribution in [0.3, 0.4) is 0 Å². The van der Waals surface area contributed by atoms with Gasteiger partial charge in [-0.25, -0.2) is 14.4 Å². The van der Waals surface area contributed by atoms with Gasteiger partial charge < -0.3 is 30.7 Å². The molecule has 3 aromatic carbocycles. The number of anilines is 2. The standard InChI is InChI=1S/C31H26N4O8/c1-16-9-10-18(28(37)34-19-11-12-23(36)20(14-19)29(38)39)13-22(16)35-26(31(41)43-3)25(30(40)42-2)24(21(15-32)27(35)33)17-7-5-4-6-8-17/h4-14,24,36H,33H2,1-3H3,(H,34,37)(H,38,39). The van der Waals surface area contributed by atoms with E-state index >= 15 is 0 Å². The number of aryl methyl sites for hydroxylation is 1. The Morgan fingerprint density at radius 1 is 0.977 bits per heavy atom. The van der Waals surface area contributed by atoms with Gasteiger partial charge in [0.1, 0.15) is 22.8 Å². The number of esters is 2. The van der Waals surface area contributed by atoms with Crippen LogP contribution >= 0.6 is 0 Å². The van der Waals surface area contributed by atoms with Crippen molar-refractivity contribution in [2.45, 2.75) is 12.8 Å². The van der Waals surface area contributed by atoms with Gasteiger partial charge >= 0.3 is 17.9 Å². The molecule has 5 N–H and O–H groups in total. The minimum absolute atomic E-state index is 0.0428. The van der Waals surface area contributed by atoms with Crippen molar-refractivity contribution in [1.29, 1.82) is 5.26 Å². The van der Waals surface area contributed by atoms with Gasteiger partial charge in [0.2, 0.25) is 0 Å². The molecular weight excluding hydrogens is 556 g/mol. The van der Waals surface area contributed by atoms with Crippen molar-refractivity contribution in [2.24, 2.45) is 5.73 Å². The second-order valence-electron chi connectivity index (χ2n) is 9.33. The average molecular weight is 583 g/mol. The summed E-state index contributed by atoms with van der Waals surface area (Å²) in [7, 11) is 2.26. The fourth-order valence-electron chi connectivity index (χ4n) is 4.74. The van der Waals surface area contributed by atoms with Crippen molar-refractivity contribution in [3.05, 3.63) is 112 Å². The van der Waals surface area contributed by atoms with Gasteiger partial charge in [-0.2, -0.15) is 5.26 Å². The lowest BCUT2D eigenvalue weighted by molar-refractivity contribution is -0.139. The molecule has 1 atom stereocenters. The van der Waals surface area contributed by atoms with Gasteiger partial charge in [0.05, 0.1) is 43.0 Å². The quantitative estimate of drug-likeness (QED) is 0.235. The maximum Gasteiger partial charge on any atom is 0.355 e. The zero-order chi connectivity index (χ0) is 31.4. The molecule has 0 aromatic heterocycles. The number of phenols is 1. The molecule has 1 aliphatic heterocycles. The monoisotopic (exact) mass is 582 g/mol. The number of hydrogen-bond donors (Lipinski definition) is 4. The first kappa shape index (κ1) is 29.9. The van der Waals surface area contributed by atoms with Gasteiger partial charge in [0, 0.05) is 11.3 Å². The van der Waals surface area contributed by atoms with Crippen LogP contribution in [0.4, 0.5) is 11.4 Å². The first-order chi connectivity index (χ1) is 20.5. The Labute approximate surface area is 245 Å². The number of nitrogens with two attached hydrogens (primary N) is 1. The van der Waals surface area contributed by atoms with E-state index < -0.39 is 41.0 Å². The lowest BCUT2D eigenvalue weighted by Gasteiger charge is -2.36. The van der Waals surface area contributed by atoms with E-state index in [1.54, 1.807) is 43.3 Å². The number of aromatic hydroxyl groups is 1. The van der Waals surface area contributed by atoms with Gasteiger partial charge in [-0.3, -0.25) is 9.69 Å². The number of carboxylic acid groups (broad SMARTS) is 1. The molecule has 0 spiro atoms. The van der Waals surface area contributed by atoms with Crippen molar-refractivity contribution in [1.82, 2.24) is 0 Å². The zero-order valence-electron chi connectivity index (χ0n) is 23.2. The van der Waals surface area contributed by atoms with Crippen LogP contribution in [0.5, 0.6) is 5.75 Å². The number of carboxylic acids is 1. The summed E-state index contributed by atoms with van der Waals surface area (Å²) >= 11 is 0. The molecule has 1 unspecified atom stereocenters. The Morgan fingerprint density at radius 2 is 1.65 bits per heavy atom. The fourth-order valence-corrected chi connectivity index (χ4v) is 4.74. The van der Waals surface area contributed by atoms with E-state index in [0.29, 0.717) is 11.1 Å². The van der Waals surface area contributed by atoms with Crippen LogP contribution in [0.2, 0.25) is 0 Å². The molecule has 0 fully saturated rings. The summed E-state index contributed by atoms with van der Waals surface area (Å²) in [6, 6.07) is 18.6. The number of ether oxygens (including phenoxy) is 2. The molecule has 1 heterocycles. The maximum atomic E-state index is 13.3. The second-order valence-corrected chi connectivity index (χ2v) is 9.33. The van der Waals surface area contributed by atoms with E-state index in [0.717, 1.165) is 26.4 Å². The van der Waals surface area contributed by atoms with Crippen molar-refractivity contribution < 1.29 is 38.9 Å². The van der Waals surface area contributed by atoms with E-state index in [-0.39, 0.29) is 39.6 Å². The van der Waals surface area contributed by atoms with Gasteiger partial charge in [0.25, 0.3) is 5.91 Å². The zero-order valence-corrected chi connectivity index (χ0v) is 23.2. The second kappa shape index (κ2) is 12.2. The predicted molar refractivity (Wildman–Crippen MR) is 154 cm³/mol. The third kappa shape index (κ3) is 5.59. The Kier molecular flexibility index (Phi) is 8.47. The van der Waals surface area contributed by atoms with E-state index in [9.17, 15) is 34.7 Å². The van der Waals surface area contributed by atoms with E-state index in [1.807, 2.05) is 0 Å². The topological polar surface area (TPSA) is 192 Å². The highest BCUT2D eigenvalue weighted by Crippen LogP contribution is 2.44. The fraction of sp³-hybridized carbons (Fsp3) is 0.129. The molecule has 0 radical (unpaired) electrons. The summed E-state index contributed by atoms with van der Waals surface area (Å²) in [6.07, 6.45) is 0. The smallest absolute Gasteiger partial charge is 0.355 e. The highest BCUT2D eigenvalue weighted by atomic mass is 16.5. The molecule has 0 saturated carbocycles. The van der Waals surface area contributed by atoms with Gasteiger partial charge in [-0.1, -0.05) is 36.4 Å². The van der Waals surface area contributed by atoms with Crippen LogP contribution in [0.1, 0.15) is 37.8 Å². The van der Waals surface area contributed by atoms with Crippen molar-refractivity contribution in [3.8, 4) is 11.8 Å². The lowest BCUT2D eigenvalue weighted by atomic mass is 9.80. The van der Waals surface area contributed by atoms with Crippen molar-refractivity contribution >= 4 is 35.2 Å². The number of aromatic carboxylic acids is 1. The Balaban J connectivity index is 1.90. The van der Waals surface area contributed by atoms with Gasteiger partial charge in [0.15, 0.2) is 0 Å². The molecule has 0 bridgehead atoms. The first-order valence-corrected chi connectivity index (χ1v) is 12.7. The van der Waals surface area contributed by atoms with Crippen molar-refractivity contribution in [3.63, 3.8) is 0 Å². The summed E-state index contributed by atoms with van der Waals surface area (Å²) in [6.45, 7) is 1.67. The minimum atomic E-state index is -1.38. The van der Waals surface area contributed by atoms with Crippen LogP contribution in [0, 0.1) is 18.3 Å². The number of carbonyl (C=O) groups is 4. The van der Waals surface area contributed by atoms with Crippen LogP contribution in [-0.2, 0) is 19.1 Å². The van der Waals surface area contributed by atoms with Crippen LogP contribution in [0.25, 0.3) is 0 Å². The molecule has 1 aliphatic rings. The van der Waals surface area contributed by atoms with Crippen LogP contribution in [0.15, 0.2) is 89.4 Å². The van der Waals surface area contributed by atoms with Gasteiger partial charge in [-0.15, -0.1) is 0 Å². The maximum absolute atomic E-state index is 13.3. The molecule has 43 heavy (non-hydrogen) atoms. The molecule has 12 heteroatoms. The summed E-state index contributed by atoms with van der Waals surface area (Å²) in [5.74, 6) is -5.59. The van der Waals surface area contributed by atoms with E-state index in [4.69, 9.17) is 15.2 Å². The Morgan fingerprint density at radius 3 is 2.26 bits per heavy atom.